The number of hydrogen-bond donors (Lipinski definition) is 1. The normalized spacial score (nSPS) is 27.6. The minimum absolute atomic E-state index is 0.393. The Balaban J connectivity index is 1.77. The number of likely N-dealkylation sites (N-methyl/N-ethyl adjacent to an activating group) is 1. The summed E-state index contributed by atoms with van der Waals surface area (Å²) in [7, 11) is 2.24. The van der Waals surface area contributed by atoms with Crippen LogP contribution in [0.1, 0.15) is 49.3 Å². The zero-order valence-electron chi connectivity index (χ0n) is 12.2. The van der Waals surface area contributed by atoms with Crippen LogP contribution in [0.5, 0.6) is 0 Å². The third kappa shape index (κ3) is 2.85. The van der Waals surface area contributed by atoms with Crippen molar-refractivity contribution < 1.29 is 0 Å². The number of rotatable bonds is 6. The lowest BCUT2D eigenvalue weighted by atomic mass is 9.96. The lowest BCUT2D eigenvalue weighted by Crippen LogP contribution is -2.33. The molecule has 1 aromatic rings. The van der Waals surface area contributed by atoms with Crippen molar-refractivity contribution in [2.24, 2.45) is 17.6 Å². The van der Waals surface area contributed by atoms with Crippen molar-refractivity contribution in [3.8, 4) is 0 Å². The molecule has 0 aliphatic heterocycles. The average molecular weight is 258 g/mol. The standard InChI is InChI=1S/C17H26N2/c1-12-9-14(12)11-19(2)17(10-18)16-6-4-3-5-15(16)13-7-8-13/h3-6,12-14,17H,7-11,18H2,1-2H3. The van der Waals surface area contributed by atoms with Crippen LogP contribution in [0.3, 0.4) is 0 Å². The average Bonchev–Trinajstić information content (AvgIpc) is 3.30. The predicted octanol–water partition coefficient (Wildman–Crippen LogP) is 3.15. The van der Waals surface area contributed by atoms with Crippen LogP contribution in [0.15, 0.2) is 24.3 Å². The first-order valence-electron chi connectivity index (χ1n) is 7.69. The van der Waals surface area contributed by atoms with E-state index in [1.807, 2.05) is 0 Å². The quantitative estimate of drug-likeness (QED) is 0.849. The third-order valence-electron chi connectivity index (χ3n) is 4.93. The van der Waals surface area contributed by atoms with Gasteiger partial charge in [0.15, 0.2) is 0 Å². The molecule has 0 saturated heterocycles. The van der Waals surface area contributed by atoms with E-state index in [-0.39, 0.29) is 0 Å². The molecule has 0 bridgehead atoms. The molecule has 104 valence electrons. The first-order valence-corrected chi connectivity index (χ1v) is 7.69. The van der Waals surface area contributed by atoms with Crippen LogP contribution in [-0.4, -0.2) is 25.0 Å². The molecular formula is C17H26N2. The molecule has 0 spiro atoms. The van der Waals surface area contributed by atoms with Gasteiger partial charge in [-0.05, 0) is 55.2 Å². The summed E-state index contributed by atoms with van der Waals surface area (Å²) in [5.74, 6) is 2.62. The van der Waals surface area contributed by atoms with Crippen molar-refractivity contribution in [1.82, 2.24) is 4.90 Å². The van der Waals surface area contributed by atoms with Gasteiger partial charge >= 0.3 is 0 Å². The van der Waals surface area contributed by atoms with Crippen LogP contribution in [-0.2, 0) is 0 Å². The molecule has 2 aliphatic carbocycles. The van der Waals surface area contributed by atoms with Crippen molar-refractivity contribution in [1.29, 1.82) is 0 Å². The minimum atomic E-state index is 0.393. The molecule has 1 aromatic carbocycles. The molecule has 0 aromatic heterocycles. The van der Waals surface area contributed by atoms with Gasteiger partial charge in [0.1, 0.15) is 0 Å². The van der Waals surface area contributed by atoms with Gasteiger partial charge in [0.05, 0.1) is 0 Å². The fourth-order valence-corrected chi connectivity index (χ4v) is 3.28. The Morgan fingerprint density at radius 2 is 2.00 bits per heavy atom. The van der Waals surface area contributed by atoms with E-state index in [4.69, 9.17) is 5.73 Å². The molecule has 2 N–H and O–H groups in total. The van der Waals surface area contributed by atoms with Gasteiger partial charge in [0, 0.05) is 19.1 Å². The van der Waals surface area contributed by atoms with Gasteiger partial charge in [-0.3, -0.25) is 4.90 Å². The van der Waals surface area contributed by atoms with Crippen LogP contribution >= 0.6 is 0 Å². The first-order chi connectivity index (χ1) is 9.20. The minimum Gasteiger partial charge on any atom is -0.329 e. The lowest BCUT2D eigenvalue weighted by Gasteiger charge is -2.29. The summed E-state index contributed by atoms with van der Waals surface area (Å²) in [6, 6.07) is 9.33. The second-order valence-corrected chi connectivity index (χ2v) is 6.57. The SMILES string of the molecule is CC1CC1CN(C)C(CN)c1ccccc1C1CC1. The highest BCUT2D eigenvalue weighted by atomic mass is 15.1. The van der Waals surface area contributed by atoms with Crippen molar-refractivity contribution >= 4 is 0 Å². The first kappa shape index (κ1) is 13.1. The Morgan fingerprint density at radius 3 is 2.58 bits per heavy atom. The molecule has 0 radical (unpaired) electrons. The van der Waals surface area contributed by atoms with Gasteiger partial charge in [-0.2, -0.15) is 0 Å². The van der Waals surface area contributed by atoms with E-state index >= 15 is 0 Å². The molecule has 3 atom stereocenters. The Labute approximate surface area is 117 Å². The van der Waals surface area contributed by atoms with Crippen LogP contribution in [0, 0.1) is 11.8 Å². The molecule has 2 saturated carbocycles. The summed E-state index contributed by atoms with van der Waals surface area (Å²) in [5, 5.41) is 0. The maximum absolute atomic E-state index is 6.08. The van der Waals surface area contributed by atoms with Crippen LogP contribution in [0.4, 0.5) is 0 Å². The van der Waals surface area contributed by atoms with Gasteiger partial charge in [-0.1, -0.05) is 31.2 Å². The van der Waals surface area contributed by atoms with E-state index in [2.05, 4.69) is 43.1 Å². The van der Waals surface area contributed by atoms with E-state index in [1.54, 1.807) is 5.56 Å². The van der Waals surface area contributed by atoms with Gasteiger partial charge < -0.3 is 5.73 Å². The molecule has 3 rings (SSSR count). The zero-order chi connectivity index (χ0) is 13.4. The monoisotopic (exact) mass is 258 g/mol. The highest BCUT2D eigenvalue weighted by Gasteiger charge is 2.35. The smallest absolute Gasteiger partial charge is 0.0470 e. The molecule has 0 amide bonds. The molecule has 3 unspecified atom stereocenters. The summed E-state index contributed by atoms with van der Waals surface area (Å²) >= 11 is 0. The third-order valence-corrected chi connectivity index (χ3v) is 4.93. The fourth-order valence-electron chi connectivity index (χ4n) is 3.28. The van der Waals surface area contributed by atoms with E-state index in [9.17, 15) is 0 Å². The van der Waals surface area contributed by atoms with Crippen LogP contribution < -0.4 is 5.73 Å². The van der Waals surface area contributed by atoms with E-state index < -0.39 is 0 Å². The summed E-state index contributed by atoms with van der Waals surface area (Å²) < 4.78 is 0. The zero-order valence-corrected chi connectivity index (χ0v) is 12.2. The number of benzene rings is 1. The molecule has 19 heavy (non-hydrogen) atoms. The Morgan fingerprint density at radius 1 is 1.32 bits per heavy atom. The Kier molecular flexibility index (Phi) is 3.64. The Bertz CT molecular complexity index is 439. The van der Waals surface area contributed by atoms with E-state index in [1.165, 1.54) is 31.4 Å². The molecule has 2 fully saturated rings. The summed E-state index contributed by atoms with van der Waals surface area (Å²) in [5.41, 5.74) is 9.11. The van der Waals surface area contributed by atoms with Crippen molar-refractivity contribution in [2.45, 2.75) is 38.1 Å². The van der Waals surface area contributed by atoms with E-state index in [0.717, 1.165) is 24.3 Å². The topological polar surface area (TPSA) is 29.3 Å². The molecule has 2 nitrogen and oxygen atoms in total. The second kappa shape index (κ2) is 5.26. The number of nitrogens with zero attached hydrogens (tertiary/aromatic N) is 1. The second-order valence-electron chi connectivity index (χ2n) is 6.57. The molecule has 0 heterocycles. The van der Waals surface area contributed by atoms with Crippen molar-refractivity contribution in [3.63, 3.8) is 0 Å². The maximum atomic E-state index is 6.08. The molecule has 2 heteroatoms. The molecular weight excluding hydrogens is 232 g/mol. The predicted molar refractivity (Wildman–Crippen MR) is 80.1 cm³/mol. The maximum Gasteiger partial charge on any atom is 0.0470 e. The van der Waals surface area contributed by atoms with Crippen LogP contribution in [0.25, 0.3) is 0 Å². The highest BCUT2D eigenvalue weighted by Crippen LogP contribution is 2.44. The fraction of sp³-hybridized carbons (Fsp3) is 0.647. The van der Waals surface area contributed by atoms with Crippen molar-refractivity contribution in [3.05, 3.63) is 35.4 Å². The van der Waals surface area contributed by atoms with Gasteiger partial charge in [-0.15, -0.1) is 0 Å². The van der Waals surface area contributed by atoms with Crippen LogP contribution in [0.2, 0.25) is 0 Å². The summed E-state index contributed by atoms with van der Waals surface area (Å²) in [4.78, 5) is 2.48. The van der Waals surface area contributed by atoms with Gasteiger partial charge in [0.25, 0.3) is 0 Å². The van der Waals surface area contributed by atoms with E-state index in [0.29, 0.717) is 6.04 Å². The van der Waals surface area contributed by atoms with Gasteiger partial charge in [-0.25, -0.2) is 0 Å². The number of nitrogens with two attached hydrogens (primary N) is 1. The van der Waals surface area contributed by atoms with Gasteiger partial charge in [0.2, 0.25) is 0 Å². The Hall–Kier alpha value is -0.860. The number of hydrogen-bond acceptors (Lipinski definition) is 2. The summed E-state index contributed by atoms with van der Waals surface area (Å²) in [6.07, 6.45) is 4.11. The lowest BCUT2D eigenvalue weighted by molar-refractivity contribution is 0.236. The summed E-state index contributed by atoms with van der Waals surface area (Å²) in [6.45, 7) is 4.28. The highest BCUT2D eigenvalue weighted by molar-refractivity contribution is 5.35. The largest absolute Gasteiger partial charge is 0.329 e. The van der Waals surface area contributed by atoms with Crippen molar-refractivity contribution in [2.75, 3.05) is 20.1 Å². The molecule has 2 aliphatic rings.